The van der Waals surface area contributed by atoms with Crippen LogP contribution in [-0.4, -0.2) is 5.11 Å². The molecule has 1 rings (SSSR count). The van der Waals surface area contributed by atoms with Crippen LogP contribution in [0.25, 0.3) is 4.85 Å². The first-order valence-corrected chi connectivity index (χ1v) is 3.76. The van der Waals surface area contributed by atoms with Crippen LogP contribution in [0.5, 0.6) is 0 Å². The van der Waals surface area contributed by atoms with Crippen molar-refractivity contribution in [2.45, 2.75) is 13.0 Å². The first-order valence-electron chi connectivity index (χ1n) is 2.88. The van der Waals surface area contributed by atoms with Crippen LogP contribution in [0.2, 0.25) is 0 Å². The highest BCUT2D eigenvalue weighted by atomic mass is 32.1. The van der Waals surface area contributed by atoms with E-state index < -0.39 is 6.10 Å². The molecule has 3 heteroatoms. The average molecular weight is 153 g/mol. The van der Waals surface area contributed by atoms with Crippen molar-refractivity contribution in [3.63, 3.8) is 0 Å². The second kappa shape index (κ2) is 2.82. The van der Waals surface area contributed by atoms with Crippen LogP contribution in [0, 0.1) is 6.57 Å². The summed E-state index contributed by atoms with van der Waals surface area (Å²) in [4.78, 5) is 4.01. The number of rotatable bonds is 1. The lowest BCUT2D eigenvalue weighted by atomic mass is 10.3. The third kappa shape index (κ3) is 1.18. The molecule has 0 fully saturated rings. The third-order valence-corrected chi connectivity index (χ3v) is 2.25. The minimum Gasteiger partial charge on any atom is -0.389 e. The van der Waals surface area contributed by atoms with Gasteiger partial charge in [0, 0.05) is 4.88 Å². The van der Waals surface area contributed by atoms with Crippen molar-refractivity contribution in [1.29, 1.82) is 0 Å². The van der Waals surface area contributed by atoms with Crippen molar-refractivity contribution in [2.75, 3.05) is 0 Å². The molecule has 0 bridgehead atoms. The van der Waals surface area contributed by atoms with Gasteiger partial charge in [-0.25, -0.2) is 4.85 Å². The molecule has 0 saturated heterocycles. The van der Waals surface area contributed by atoms with E-state index in [-0.39, 0.29) is 0 Å². The minimum absolute atomic E-state index is 0.510. The molecule has 0 aliphatic rings. The molecule has 1 atom stereocenters. The van der Waals surface area contributed by atoms with Crippen LogP contribution >= 0.6 is 11.3 Å². The minimum atomic E-state index is -0.510. The predicted octanol–water partition coefficient (Wildman–Crippen LogP) is 2.35. The number of hydrogen-bond donors (Lipinski definition) is 1. The lowest BCUT2D eigenvalue weighted by molar-refractivity contribution is 0.204. The SMILES string of the molecule is [C-]#[N+]c1ccsc1C(C)O. The molecule has 1 unspecified atom stereocenters. The highest BCUT2D eigenvalue weighted by Crippen LogP contribution is 2.30. The van der Waals surface area contributed by atoms with Gasteiger partial charge in [-0.05, 0) is 18.4 Å². The van der Waals surface area contributed by atoms with E-state index in [9.17, 15) is 0 Å². The van der Waals surface area contributed by atoms with Crippen molar-refractivity contribution in [1.82, 2.24) is 0 Å². The van der Waals surface area contributed by atoms with Crippen LogP contribution in [0.15, 0.2) is 11.4 Å². The van der Waals surface area contributed by atoms with E-state index in [0.29, 0.717) is 5.69 Å². The van der Waals surface area contributed by atoms with E-state index >= 15 is 0 Å². The molecular weight excluding hydrogens is 146 g/mol. The van der Waals surface area contributed by atoms with Gasteiger partial charge in [0.1, 0.15) is 0 Å². The van der Waals surface area contributed by atoms with Gasteiger partial charge in [-0.15, -0.1) is 0 Å². The Kier molecular flexibility index (Phi) is 2.05. The summed E-state index contributed by atoms with van der Waals surface area (Å²) in [7, 11) is 0. The largest absolute Gasteiger partial charge is 0.389 e. The number of hydrogen-bond acceptors (Lipinski definition) is 2. The summed E-state index contributed by atoms with van der Waals surface area (Å²) in [5, 5.41) is 10.9. The fourth-order valence-corrected chi connectivity index (χ4v) is 1.49. The molecule has 0 aliphatic heterocycles. The van der Waals surface area contributed by atoms with Gasteiger partial charge in [-0.1, -0.05) is 0 Å². The summed E-state index contributed by atoms with van der Waals surface area (Å²) in [5.41, 5.74) is 0.569. The van der Waals surface area contributed by atoms with E-state index in [4.69, 9.17) is 11.7 Å². The zero-order valence-electron chi connectivity index (χ0n) is 5.53. The van der Waals surface area contributed by atoms with Crippen LogP contribution in [-0.2, 0) is 0 Å². The molecule has 0 aliphatic carbocycles. The fourth-order valence-electron chi connectivity index (χ4n) is 0.719. The van der Waals surface area contributed by atoms with E-state index in [0.717, 1.165) is 4.88 Å². The number of aliphatic hydroxyl groups is 1. The van der Waals surface area contributed by atoms with Crippen molar-refractivity contribution in [3.05, 3.63) is 27.7 Å². The maximum Gasteiger partial charge on any atom is 0.203 e. The van der Waals surface area contributed by atoms with E-state index in [1.54, 1.807) is 13.0 Å². The molecular formula is C7H7NOS. The summed E-state index contributed by atoms with van der Waals surface area (Å²) in [5.74, 6) is 0. The molecule has 0 amide bonds. The van der Waals surface area contributed by atoms with Gasteiger partial charge in [0.2, 0.25) is 5.69 Å². The Balaban J connectivity index is 3.05. The van der Waals surface area contributed by atoms with Gasteiger partial charge < -0.3 is 5.11 Å². The van der Waals surface area contributed by atoms with Crippen LogP contribution in [0.3, 0.4) is 0 Å². The van der Waals surface area contributed by atoms with Gasteiger partial charge >= 0.3 is 0 Å². The smallest absolute Gasteiger partial charge is 0.203 e. The number of aliphatic hydroxyl groups excluding tert-OH is 1. The van der Waals surface area contributed by atoms with Gasteiger partial charge in [0.05, 0.1) is 12.7 Å². The van der Waals surface area contributed by atoms with Crippen molar-refractivity contribution >= 4 is 17.0 Å². The predicted molar refractivity (Wildman–Crippen MR) is 41.2 cm³/mol. The topological polar surface area (TPSA) is 24.6 Å². The molecule has 0 radical (unpaired) electrons. The molecule has 1 heterocycles. The second-order valence-corrected chi connectivity index (χ2v) is 2.91. The Labute approximate surface area is 63.6 Å². The molecule has 0 saturated carbocycles. The Morgan fingerprint density at radius 1 is 1.80 bits per heavy atom. The molecule has 2 nitrogen and oxygen atoms in total. The summed E-state index contributed by atoms with van der Waals surface area (Å²) in [6.45, 7) is 8.38. The highest BCUT2D eigenvalue weighted by Gasteiger charge is 2.07. The monoisotopic (exact) mass is 153 g/mol. The molecule has 1 N–H and O–H groups in total. The van der Waals surface area contributed by atoms with Gasteiger partial charge in [-0.3, -0.25) is 0 Å². The molecule has 10 heavy (non-hydrogen) atoms. The lowest BCUT2D eigenvalue weighted by Crippen LogP contribution is -1.84. The Bertz CT molecular complexity index is 259. The Morgan fingerprint density at radius 3 is 2.90 bits per heavy atom. The van der Waals surface area contributed by atoms with Gasteiger partial charge in [0.25, 0.3) is 0 Å². The summed E-state index contributed by atoms with van der Waals surface area (Å²) < 4.78 is 0. The molecule has 1 aromatic heterocycles. The quantitative estimate of drug-likeness (QED) is 0.615. The van der Waals surface area contributed by atoms with Crippen LogP contribution < -0.4 is 0 Å². The van der Waals surface area contributed by atoms with E-state index in [2.05, 4.69) is 4.85 Å². The first kappa shape index (κ1) is 7.26. The van der Waals surface area contributed by atoms with E-state index in [1.165, 1.54) is 11.3 Å². The summed E-state index contributed by atoms with van der Waals surface area (Å²) in [6, 6.07) is 1.72. The van der Waals surface area contributed by atoms with E-state index in [1.807, 2.05) is 5.38 Å². The molecule has 0 spiro atoms. The van der Waals surface area contributed by atoms with Crippen LogP contribution in [0.4, 0.5) is 5.69 Å². The van der Waals surface area contributed by atoms with Gasteiger partial charge in [-0.2, -0.15) is 11.3 Å². The lowest BCUT2D eigenvalue weighted by Gasteiger charge is -1.98. The molecule has 1 aromatic rings. The third-order valence-electron chi connectivity index (χ3n) is 1.17. The maximum absolute atomic E-state index is 9.09. The maximum atomic E-state index is 9.09. The molecule has 52 valence electrons. The summed E-state index contributed by atoms with van der Waals surface area (Å²) in [6.07, 6.45) is -0.510. The summed E-state index contributed by atoms with van der Waals surface area (Å²) >= 11 is 1.42. The van der Waals surface area contributed by atoms with Gasteiger partial charge in [0.15, 0.2) is 0 Å². The van der Waals surface area contributed by atoms with Crippen LogP contribution in [0.1, 0.15) is 17.9 Å². The zero-order valence-corrected chi connectivity index (χ0v) is 6.35. The van der Waals surface area contributed by atoms with Crippen molar-refractivity contribution in [2.24, 2.45) is 0 Å². The first-order chi connectivity index (χ1) is 4.75. The zero-order chi connectivity index (χ0) is 7.56. The molecule has 0 aromatic carbocycles. The number of nitrogens with zero attached hydrogens (tertiary/aromatic N) is 1. The normalized spacial score (nSPS) is 12.5. The fraction of sp³-hybridized carbons (Fsp3) is 0.286. The number of thiophene rings is 1. The highest BCUT2D eigenvalue weighted by molar-refractivity contribution is 7.10. The van der Waals surface area contributed by atoms with Crippen molar-refractivity contribution < 1.29 is 5.11 Å². The Morgan fingerprint density at radius 2 is 2.50 bits per heavy atom. The second-order valence-electron chi connectivity index (χ2n) is 1.96. The average Bonchev–Trinajstić information content (AvgIpc) is 2.33. The van der Waals surface area contributed by atoms with Crippen molar-refractivity contribution in [3.8, 4) is 0 Å². The standard InChI is InChI=1S/C7H7NOS/c1-5(9)7-6(8-2)3-4-10-7/h3-5,9H,1H3. The Hall–Kier alpha value is -0.850.